The van der Waals surface area contributed by atoms with Crippen molar-refractivity contribution in [3.05, 3.63) is 35.6 Å². The minimum atomic E-state index is -2.90. The van der Waals surface area contributed by atoms with E-state index < -0.39 is 47.4 Å². The number of rotatable bonds is 16. The Bertz CT molecular complexity index is 825. The predicted octanol–water partition coefficient (Wildman–Crippen LogP) is 3.78. The molecular weight excluding hydrogens is 447 g/mol. The number of benzene rings is 1. The molecule has 0 aliphatic rings. The van der Waals surface area contributed by atoms with Gasteiger partial charge in [0, 0.05) is 5.56 Å². The van der Waals surface area contributed by atoms with Crippen molar-refractivity contribution in [3.63, 3.8) is 0 Å². The van der Waals surface area contributed by atoms with Gasteiger partial charge in [-0.2, -0.15) is 0 Å². The first-order chi connectivity index (χ1) is 16.2. The molecule has 0 amide bonds. The number of halogens is 1. The van der Waals surface area contributed by atoms with Crippen LogP contribution < -0.4 is 0 Å². The molecule has 0 heterocycles. The molecule has 1 rings (SSSR count). The second-order valence-corrected chi connectivity index (χ2v) is 7.99. The normalized spacial score (nSPS) is 13.4. The molecule has 2 unspecified atom stereocenters. The van der Waals surface area contributed by atoms with Crippen molar-refractivity contribution in [1.82, 2.24) is 0 Å². The summed E-state index contributed by atoms with van der Waals surface area (Å²) in [5, 5.41) is 11.4. The maximum absolute atomic E-state index is 13.8. The SMILES string of the molecule is CCCCOC(=O)CC(O)(C(=O)OCCCC)C(C(=O)OCCCC)C(=O)c1cccc(F)c1. The van der Waals surface area contributed by atoms with Gasteiger partial charge in [-0.3, -0.25) is 14.4 Å². The van der Waals surface area contributed by atoms with Crippen LogP contribution >= 0.6 is 0 Å². The number of aliphatic hydroxyl groups is 1. The summed E-state index contributed by atoms with van der Waals surface area (Å²) in [5.41, 5.74) is -3.17. The highest BCUT2D eigenvalue weighted by Gasteiger charge is 2.55. The van der Waals surface area contributed by atoms with Crippen LogP contribution in [0.2, 0.25) is 0 Å². The maximum atomic E-state index is 13.8. The minimum absolute atomic E-state index is 0.0414. The zero-order valence-electron chi connectivity index (χ0n) is 20.1. The summed E-state index contributed by atoms with van der Waals surface area (Å²) in [6.45, 7) is 5.48. The van der Waals surface area contributed by atoms with Crippen LogP contribution in [0.5, 0.6) is 0 Å². The summed E-state index contributed by atoms with van der Waals surface area (Å²) >= 11 is 0. The van der Waals surface area contributed by atoms with Gasteiger partial charge in [0.2, 0.25) is 0 Å². The molecule has 1 aromatic carbocycles. The molecule has 0 aliphatic heterocycles. The van der Waals surface area contributed by atoms with Gasteiger partial charge in [-0.15, -0.1) is 0 Å². The van der Waals surface area contributed by atoms with E-state index >= 15 is 0 Å². The van der Waals surface area contributed by atoms with Crippen LogP contribution in [0.1, 0.15) is 76.1 Å². The highest BCUT2D eigenvalue weighted by atomic mass is 19.1. The standard InChI is InChI=1S/C25H35FO8/c1-4-7-13-32-20(27)17-25(31,24(30)34-15-9-6-3)21(23(29)33-14-8-5-2)22(28)18-11-10-12-19(26)16-18/h10-12,16,21,31H,4-9,13-15,17H2,1-3H3. The Kier molecular flexibility index (Phi) is 13.0. The minimum Gasteiger partial charge on any atom is -0.466 e. The quantitative estimate of drug-likeness (QED) is 0.124. The molecule has 190 valence electrons. The first-order valence-corrected chi connectivity index (χ1v) is 11.7. The first kappa shape index (κ1) is 29.2. The van der Waals surface area contributed by atoms with Gasteiger partial charge in [0.1, 0.15) is 5.82 Å². The Hall–Kier alpha value is -2.81. The van der Waals surface area contributed by atoms with Crippen molar-refractivity contribution in [1.29, 1.82) is 0 Å². The number of carbonyl (C=O) groups is 4. The lowest BCUT2D eigenvalue weighted by molar-refractivity contribution is -0.183. The lowest BCUT2D eigenvalue weighted by Crippen LogP contribution is -2.55. The van der Waals surface area contributed by atoms with E-state index in [-0.39, 0.29) is 25.4 Å². The smallest absolute Gasteiger partial charge is 0.340 e. The van der Waals surface area contributed by atoms with Crippen LogP contribution in [0.15, 0.2) is 24.3 Å². The lowest BCUT2D eigenvalue weighted by atomic mass is 9.79. The molecule has 0 bridgehead atoms. The molecule has 34 heavy (non-hydrogen) atoms. The molecule has 0 radical (unpaired) electrons. The average molecular weight is 483 g/mol. The summed E-state index contributed by atoms with van der Waals surface area (Å²) in [4.78, 5) is 51.7. The number of carbonyl (C=O) groups excluding carboxylic acids is 4. The third kappa shape index (κ3) is 8.85. The van der Waals surface area contributed by atoms with Crippen molar-refractivity contribution in [2.24, 2.45) is 5.92 Å². The number of ether oxygens (including phenoxy) is 3. The number of unbranched alkanes of at least 4 members (excludes halogenated alkanes) is 3. The molecule has 1 N–H and O–H groups in total. The fourth-order valence-corrected chi connectivity index (χ4v) is 3.06. The zero-order chi connectivity index (χ0) is 25.6. The van der Waals surface area contributed by atoms with Crippen molar-refractivity contribution in [2.45, 2.75) is 71.3 Å². The Morgan fingerprint density at radius 1 is 0.912 bits per heavy atom. The van der Waals surface area contributed by atoms with Gasteiger partial charge < -0.3 is 19.3 Å². The van der Waals surface area contributed by atoms with Gasteiger partial charge in [0.25, 0.3) is 0 Å². The molecular formula is C25H35FO8. The molecule has 8 nitrogen and oxygen atoms in total. The number of esters is 3. The van der Waals surface area contributed by atoms with E-state index in [4.69, 9.17) is 14.2 Å². The molecule has 0 saturated heterocycles. The molecule has 0 aromatic heterocycles. The van der Waals surface area contributed by atoms with Gasteiger partial charge in [-0.1, -0.05) is 52.2 Å². The van der Waals surface area contributed by atoms with E-state index in [0.717, 1.165) is 18.6 Å². The monoisotopic (exact) mass is 482 g/mol. The van der Waals surface area contributed by atoms with Crippen LogP contribution in [0.4, 0.5) is 4.39 Å². The highest BCUT2D eigenvalue weighted by Crippen LogP contribution is 2.30. The first-order valence-electron chi connectivity index (χ1n) is 11.7. The van der Waals surface area contributed by atoms with E-state index in [1.54, 1.807) is 0 Å². The van der Waals surface area contributed by atoms with Crippen molar-refractivity contribution >= 4 is 23.7 Å². The molecule has 1 aromatic rings. The zero-order valence-corrected chi connectivity index (χ0v) is 20.1. The third-order valence-electron chi connectivity index (χ3n) is 5.09. The Morgan fingerprint density at radius 2 is 1.47 bits per heavy atom. The number of hydrogen-bond donors (Lipinski definition) is 1. The van der Waals surface area contributed by atoms with Crippen molar-refractivity contribution in [3.8, 4) is 0 Å². The number of hydrogen-bond acceptors (Lipinski definition) is 8. The summed E-state index contributed by atoms with van der Waals surface area (Å²) < 4.78 is 29.1. The van der Waals surface area contributed by atoms with Crippen LogP contribution in [0.25, 0.3) is 0 Å². The van der Waals surface area contributed by atoms with Crippen molar-refractivity contribution in [2.75, 3.05) is 19.8 Å². The van der Waals surface area contributed by atoms with Gasteiger partial charge in [-0.05, 0) is 31.4 Å². The summed E-state index contributed by atoms with van der Waals surface area (Å²) in [6, 6.07) is 4.46. The maximum Gasteiger partial charge on any atom is 0.340 e. The second-order valence-electron chi connectivity index (χ2n) is 7.99. The number of ketones is 1. The van der Waals surface area contributed by atoms with Gasteiger partial charge in [-0.25, -0.2) is 9.18 Å². The molecule has 0 spiro atoms. The Balaban J connectivity index is 3.41. The average Bonchev–Trinajstić information content (AvgIpc) is 2.79. The third-order valence-corrected chi connectivity index (χ3v) is 5.09. The van der Waals surface area contributed by atoms with Gasteiger partial charge in [0.05, 0.1) is 26.2 Å². The molecule has 0 aliphatic carbocycles. The Labute approximate surface area is 199 Å². The second kappa shape index (κ2) is 15.2. The van der Waals surface area contributed by atoms with E-state index in [1.807, 2.05) is 20.8 Å². The summed E-state index contributed by atoms with van der Waals surface area (Å²) in [7, 11) is 0. The predicted molar refractivity (Wildman–Crippen MR) is 121 cm³/mol. The van der Waals surface area contributed by atoms with E-state index in [0.29, 0.717) is 32.1 Å². The lowest BCUT2D eigenvalue weighted by Gasteiger charge is -2.31. The fourth-order valence-electron chi connectivity index (χ4n) is 3.06. The largest absolute Gasteiger partial charge is 0.466 e. The highest BCUT2D eigenvalue weighted by molar-refractivity contribution is 6.13. The van der Waals surface area contributed by atoms with Crippen LogP contribution in [-0.4, -0.2) is 54.2 Å². The topological polar surface area (TPSA) is 116 Å². The van der Waals surface area contributed by atoms with Gasteiger partial charge >= 0.3 is 17.9 Å². The Morgan fingerprint density at radius 3 is 2.03 bits per heavy atom. The molecule has 9 heteroatoms. The van der Waals surface area contributed by atoms with E-state index in [2.05, 4.69) is 0 Å². The number of Topliss-reactive ketones (excluding diaryl/α,β-unsaturated/α-hetero) is 1. The van der Waals surface area contributed by atoms with Crippen LogP contribution in [0.3, 0.4) is 0 Å². The van der Waals surface area contributed by atoms with E-state index in [9.17, 15) is 28.7 Å². The van der Waals surface area contributed by atoms with Crippen LogP contribution in [0, 0.1) is 11.7 Å². The fraction of sp³-hybridized carbons (Fsp3) is 0.600. The van der Waals surface area contributed by atoms with Crippen molar-refractivity contribution < 1.29 is 42.9 Å². The molecule has 2 atom stereocenters. The summed E-state index contributed by atoms with van der Waals surface area (Å²) in [6.07, 6.45) is 2.59. The molecule has 0 fully saturated rings. The van der Waals surface area contributed by atoms with E-state index in [1.165, 1.54) is 12.1 Å². The van der Waals surface area contributed by atoms with Crippen LogP contribution in [-0.2, 0) is 28.6 Å². The summed E-state index contributed by atoms with van der Waals surface area (Å²) in [5.74, 6) is -7.50. The van der Waals surface area contributed by atoms with Gasteiger partial charge in [0.15, 0.2) is 17.3 Å². The molecule has 0 saturated carbocycles.